The summed E-state index contributed by atoms with van der Waals surface area (Å²) in [6, 6.07) is 6.55. The van der Waals surface area contributed by atoms with Gasteiger partial charge in [0, 0.05) is 18.6 Å². The van der Waals surface area contributed by atoms with Gasteiger partial charge >= 0.3 is 5.97 Å². The van der Waals surface area contributed by atoms with Gasteiger partial charge < -0.3 is 5.11 Å². The lowest BCUT2D eigenvalue weighted by molar-refractivity contribution is -0.384. The predicted molar refractivity (Wildman–Crippen MR) is 72.3 cm³/mol. The van der Waals surface area contributed by atoms with E-state index in [9.17, 15) is 14.9 Å². The second-order valence-electron chi connectivity index (χ2n) is 5.58. The number of fused-ring (bicyclic) bond motifs is 2. The summed E-state index contributed by atoms with van der Waals surface area (Å²) in [5, 5.41) is 19.8. The standard InChI is InChI=1S/C15H15NO4/c17-14(18)8-13-10-1-2-11(7-10)15(13)9-3-5-12(6-4-9)16(19)20/h1-6,10-11,13,15H,7-8H2,(H,17,18). The van der Waals surface area contributed by atoms with E-state index in [1.54, 1.807) is 12.1 Å². The number of nitro groups is 1. The second kappa shape index (κ2) is 4.74. The topological polar surface area (TPSA) is 80.4 Å². The van der Waals surface area contributed by atoms with Crippen LogP contribution in [0.1, 0.15) is 24.3 Å². The Morgan fingerprint density at radius 1 is 1.25 bits per heavy atom. The molecule has 3 rings (SSSR count). The summed E-state index contributed by atoms with van der Waals surface area (Å²) in [6.45, 7) is 0. The summed E-state index contributed by atoms with van der Waals surface area (Å²) in [5.41, 5.74) is 1.08. The molecule has 0 amide bonds. The van der Waals surface area contributed by atoms with Crippen molar-refractivity contribution >= 4 is 11.7 Å². The van der Waals surface area contributed by atoms with Gasteiger partial charge in [-0.3, -0.25) is 14.9 Å². The lowest BCUT2D eigenvalue weighted by atomic mass is 9.77. The van der Waals surface area contributed by atoms with E-state index in [-0.39, 0.29) is 23.9 Å². The molecule has 1 aromatic rings. The van der Waals surface area contributed by atoms with Crippen LogP contribution in [-0.4, -0.2) is 16.0 Å². The fourth-order valence-corrected chi connectivity index (χ4v) is 3.72. The maximum Gasteiger partial charge on any atom is 0.303 e. The van der Waals surface area contributed by atoms with Gasteiger partial charge in [-0.2, -0.15) is 0 Å². The maximum absolute atomic E-state index is 11.0. The number of nitrogens with zero attached hydrogens (tertiary/aromatic N) is 1. The molecule has 104 valence electrons. The zero-order chi connectivity index (χ0) is 14.3. The van der Waals surface area contributed by atoms with Crippen molar-refractivity contribution in [3.63, 3.8) is 0 Å². The summed E-state index contributed by atoms with van der Waals surface area (Å²) in [4.78, 5) is 21.3. The molecule has 20 heavy (non-hydrogen) atoms. The molecule has 2 aliphatic carbocycles. The van der Waals surface area contributed by atoms with E-state index >= 15 is 0 Å². The monoisotopic (exact) mass is 273 g/mol. The molecule has 4 atom stereocenters. The van der Waals surface area contributed by atoms with E-state index in [2.05, 4.69) is 12.2 Å². The number of carbonyl (C=O) groups is 1. The van der Waals surface area contributed by atoms with Crippen molar-refractivity contribution in [2.45, 2.75) is 18.8 Å². The largest absolute Gasteiger partial charge is 0.481 e. The van der Waals surface area contributed by atoms with E-state index in [4.69, 9.17) is 5.11 Å². The molecular formula is C15H15NO4. The molecule has 0 radical (unpaired) electrons. The molecule has 5 heteroatoms. The van der Waals surface area contributed by atoms with Crippen LogP contribution < -0.4 is 0 Å². The van der Waals surface area contributed by atoms with Crippen molar-refractivity contribution in [3.8, 4) is 0 Å². The van der Waals surface area contributed by atoms with Gasteiger partial charge in [-0.25, -0.2) is 0 Å². The molecular weight excluding hydrogens is 258 g/mol. The Hall–Kier alpha value is -2.17. The molecule has 0 saturated heterocycles. The number of hydrogen-bond donors (Lipinski definition) is 1. The number of nitro benzene ring substituents is 1. The third-order valence-corrected chi connectivity index (χ3v) is 4.52. The SMILES string of the molecule is O=C(O)CC1C2C=CC(C2)C1c1ccc([N+](=O)[O-])cc1. The number of allylic oxidation sites excluding steroid dienone is 2. The van der Waals surface area contributed by atoms with Crippen molar-refractivity contribution in [2.75, 3.05) is 0 Å². The Balaban J connectivity index is 1.89. The molecule has 1 fully saturated rings. The Bertz CT molecular complexity index is 578. The Morgan fingerprint density at radius 3 is 2.50 bits per heavy atom. The van der Waals surface area contributed by atoms with Crippen molar-refractivity contribution in [1.82, 2.24) is 0 Å². The van der Waals surface area contributed by atoms with Crippen molar-refractivity contribution in [2.24, 2.45) is 17.8 Å². The number of aliphatic carboxylic acids is 1. The molecule has 0 heterocycles. The lowest BCUT2D eigenvalue weighted by Gasteiger charge is -2.27. The van der Waals surface area contributed by atoms with Gasteiger partial charge in [0.05, 0.1) is 4.92 Å². The molecule has 0 aromatic heterocycles. The first kappa shape index (κ1) is 12.8. The summed E-state index contributed by atoms with van der Waals surface area (Å²) >= 11 is 0. The predicted octanol–water partition coefficient (Wildman–Crippen LogP) is 2.98. The lowest BCUT2D eigenvalue weighted by Crippen LogP contribution is -2.21. The summed E-state index contributed by atoms with van der Waals surface area (Å²) in [6.07, 6.45) is 5.45. The first-order chi connectivity index (χ1) is 9.56. The van der Waals surface area contributed by atoms with Crippen LogP contribution in [0.15, 0.2) is 36.4 Å². The van der Waals surface area contributed by atoms with E-state index in [1.165, 1.54) is 12.1 Å². The van der Waals surface area contributed by atoms with Crippen LogP contribution in [0, 0.1) is 27.9 Å². The number of carboxylic acids is 1. The summed E-state index contributed by atoms with van der Waals surface area (Å²) in [5.74, 6) is 0.191. The van der Waals surface area contributed by atoms with Crippen LogP contribution in [0.4, 0.5) is 5.69 Å². The Labute approximate surface area is 116 Å². The van der Waals surface area contributed by atoms with E-state index < -0.39 is 10.9 Å². The van der Waals surface area contributed by atoms with Crippen LogP contribution in [0.5, 0.6) is 0 Å². The molecule has 2 aliphatic rings. The van der Waals surface area contributed by atoms with Crippen LogP contribution >= 0.6 is 0 Å². The average molecular weight is 273 g/mol. The van der Waals surface area contributed by atoms with Gasteiger partial charge in [-0.05, 0) is 35.7 Å². The van der Waals surface area contributed by atoms with Gasteiger partial charge in [-0.15, -0.1) is 0 Å². The molecule has 0 aliphatic heterocycles. The van der Waals surface area contributed by atoms with Crippen molar-refractivity contribution in [3.05, 3.63) is 52.1 Å². The number of hydrogen-bond acceptors (Lipinski definition) is 3. The second-order valence-corrected chi connectivity index (χ2v) is 5.58. The third-order valence-electron chi connectivity index (χ3n) is 4.52. The molecule has 1 saturated carbocycles. The number of benzene rings is 1. The molecule has 5 nitrogen and oxygen atoms in total. The minimum absolute atomic E-state index is 0.0715. The fraction of sp³-hybridized carbons (Fsp3) is 0.400. The molecule has 1 N–H and O–H groups in total. The van der Waals surface area contributed by atoms with Crippen molar-refractivity contribution < 1.29 is 14.8 Å². The summed E-state index contributed by atoms with van der Waals surface area (Å²) < 4.78 is 0. The minimum atomic E-state index is -0.775. The van der Waals surface area contributed by atoms with Gasteiger partial charge in [0.2, 0.25) is 0 Å². The molecule has 1 aromatic carbocycles. The van der Waals surface area contributed by atoms with Crippen LogP contribution in [0.3, 0.4) is 0 Å². The van der Waals surface area contributed by atoms with Crippen LogP contribution in [0.2, 0.25) is 0 Å². The highest BCUT2D eigenvalue weighted by Crippen LogP contribution is 2.54. The highest BCUT2D eigenvalue weighted by atomic mass is 16.6. The highest BCUT2D eigenvalue weighted by Gasteiger charge is 2.45. The number of rotatable bonds is 4. The van der Waals surface area contributed by atoms with Crippen LogP contribution in [-0.2, 0) is 4.79 Å². The number of carboxylic acid groups (broad SMARTS) is 1. The van der Waals surface area contributed by atoms with Gasteiger partial charge in [0.25, 0.3) is 5.69 Å². The fourth-order valence-electron chi connectivity index (χ4n) is 3.72. The first-order valence-corrected chi connectivity index (χ1v) is 6.70. The van der Waals surface area contributed by atoms with E-state index in [0.29, 0.717) is 11.8 Å². The average Bonchev–Trinajstić information content (AvgIpc) is 2.99. The van der Waals surface area contributed by atoms with E-state index in [1.807, 2.05) is 0 Å². The minimum Gasteiger partial charge on any atom is -0.481 e. The zero-order valence-electron chi connectivity index (χ0n) is 10.8. The maximum atomic E-state index is 11.0. The van der Waals surface area contributed by atoms with Crippen LogP contribution in [0.25, 0.3) is 0 Å². The summed E-state index contributed by atoms with van der Waals surface area (Å²) in [7, 11) is 0. The molecule has 2 bridgehead atoms. The Kier molecular flexibility index (Phi) is 3.04. The third kappa shape index (κ3) is 2.09. The van der Waals surface area contributed by atoms with Gasteiger partial charge in [0.15, 0.2) is 0 Å². The smallest absolute Gasteiger partial charge is 0.303 e. The van der Waals surface area contributed by atoms with E-state index in [0.717, 1.165) is 12.0 Å². The van der Waals surface area contributed by atoms with Gasteiger partial charge in [-0.1, -0.05) is 24.3 Å². The molecule has 0 spiro atoms. The Morgan fingerprint density at radius 2 is 1.90 bits per heavy atom. The highest BCUT2D eigenvalue weighted by molar-refractivity contribution is 5.67. The zero-order valence-corrected chi connectivity index (χ0v) is 10.8. The van der Waals surface area contributed by atoms with Crippen molar-refractivity contribution in [1.29, 1.82) is 0 Å². The molecule has 4 unspecified atom stereocenters. The van der Waals surface area contributed by atoms with Gasteiger partial charge in [0.1, 0.15) is 0 Å². The normalized spacial score (nSPS) is 30.6. The first-order valence-electron chi connectivity index (χ1n) is 6.70. The quantitative estimate of drug-likeness (QED) is 0.519. The number of non-ortho nitro benzene ring substituents is 1.